The van der Waals surface area contributed by atoms with E-state index in [-0.39, 0.29) is 4.90 Å². The number of anilines is 2. The van der Waals surface area contributed by atoms with E-state index in [1.807, 2.05) is 51.1 Å². The van der Waals surface area contributed by atoms with Gasteiger partial charge in [-0.1, -0.05) is 36.4 Å². The maximum Gasteiger partial charge on any atom is 0.265 e. The van der Waals surface area contributed by atoms with Crippen LogP contribution in [0.3, 0.4) is 0 Å². The average Bonchev–Trinajstić information content (AvgIpc) is 3.31. The maximum absolute atomic E-state index is 13.7. The molecule has 3 aromatic rings. The molecule has 1 fully saturated rings. The number of rotatable bonds is 6. The minimum atomic E-state index is -3.89. The zero-order valence-electron chi connectivity index (χ0n) is 20.0. The Labute approximate surface area is 197 Å². The quantitative estimate of drug-likeness (QED) is 0.486. The summed E-state index contributed by atoms with van der Waals surface area (Å²) in [5.41, 5.74) is 7.74. The van der Waals surface area contributed by atoms with Gasteiger partial charge in [0.1, 0.15) is 10.6 Å². The van der Waals surface area contributed by atoms with E-state index >= 15 is 0 Å². The second-order valence-corrected chi connectivity index (χ2v) is 10.5. The van der Waals surface area contributed by atoms with Gasteiger partial charge in [-0.2, -0.15) is 0 Å². The first-order valence-electron chi connectivity index (χ1n) is 11.4. The van der Waals surface area contributed by atoms with E-state index in [0.29, 0.717) is 11.4 Å². The van der Waals surface area contributed by atoms with Crippen molar-refractivity contribution in [2.45, 2.75) is 45.4 Å². The highest BCUT2D eigenvalue weighted by Gasteiger charge is 2.25. The number of sulfonamides is 1. The van der Waals surface area contributed by atoms with Crippen molar-refractivity contribution in [1.82, 2.24) is 0 Å². The van der Waals surface area contributed by atoms with E-state index < -0.39 is 10.0 Å². The van der Waals surface area contributed by atoms with Crippen LogP contribution in [0.25, 0.3) is 11.1 Å². The van der Waals surface area contributed by atoms with Gasteiger partial charge in [0.25, 0.3) is 10.0 Å². The van der Waals surface area contributed by atoms with Gasteiger partial charge in [-0.3, -0.25) is 4.72 Å². The molecule has 5 nitrogen and oxygen atoms in total. The lowest BCUT2D eigenvalue weighted by molar-refractivity contribution is 0.403. The molecule has 0 aliphatic carbocycles. The van der Waals surface area contributed by atoms with Crippen molar-refractivity contribution in [1.29, 1.82) is 0 Å². The van der Waals surface area contributed by atoms with Crippen LogP contribution in [0.4, 0.5) is 11.4 Å². The number of ether oxygens (including phenoxy) is 1. The van der Waals surface area contributed by atoms with Gasteiger partial charge in [0.2, 0.25) is 0 Å². The first-order valence-corrected chi connectivity index (χ1v) is 12.8. The zero-order chi connectivity index (χ0) is 23.8. The first kappa shape index (κ1) is 23.2. The van der Waals surface area contributed by atoms with Crippen LogP contribution >= 0.6 is 0 Å². The van der Waals surface area contributed by atoms with Crippen LogP contribution < -0.4 is 14.4 Å². The summed E-state index contributed by atoms with van der Waals surface area (Å²) in [6.07, 6.45) is 2.33. The molecule has 3 aromatic carbocycles. The molecule has 4 rings (SSSR count). The predicted molar refractivity (Wildman–Crippen MR) is 136 cm³/mol. The number of benzene rings is 3. The largest absolute Gasteiger partial charge is 0.495 e. The van der Waals surface area contributed by atoms with Crippen molar-refractivity contribution >= 4 is 21.4 Å². The monoisotopic (exact) mass is 464 g/mol. The fourth-order valence-electron chi connectivity index (χ4n) is 4.90. The summed E-state index contributed by atoms with van der Waals surface area (Å²) in [6, 6.07) is 15.3. The number of hydrogen-bond donors (Lipinski definition) is 1. The van der Waals surface area contributed by atoms with Crippen LogP contribution in [-0.2, 0) is 10.0 Å². The number of hydrogen-bond acceptors (Lipinski definition) is 4. The van der Waals surface area contributed by atoms with Crippen molar-refractivity contribution < 1.29 is 13.2 Å². The van der Waals surface area contributed by atoms with Crippen molar-refractivity contribution in [3.8, 4) is 16.9 Å². The van der Waals surface area contributed by atoms with Gasteiger partial charge in [0.05, 0.1) is 12.8 Å². The second-order valence-electron chi connectivity index (χ2n) is 8.84. The van der Waals surface area contributed by atoms with Crippen molar-refractivity contribution in [2.75, 3.05) is 29.8 Å². The third-order valence-corrected chi connectivity index (χ3v) is 7.87. The molecule has 1 heterocycles. The van der Waals surface area contributed by atoms with Gasteiger partial charge in [-0.05, 0) is 86.1 Å². The van der Waals surface area contributed by atoms with Crippen LogP contribution in [0.1, 0.15) is 35.1 Å². The highest BCUT2D eigenvalue weighted by Crippen LogP contribution is 2.38. The Hall–Kier alpha value is -2.99. The minimum absolute atomic E-state index is 0.132. The molecular formula is C27H32N2O3S. The standard InChI is InChI=1S/C27H32N2O3S/c1-18-10-6-7-11-23(18)22-12-13-24(32-5)25(17-22)33(30,31)28-26-19(2)16-20(3)27(21(26)4)29-14-8-9-15-29/h6-7,10-13,16-17,28H,8-9,14-15H2,1-5H3. The topological polar surface area (TPSA) is 58.6 Å². The van der Waals surface area contributed by atoms with Crippen LogP contribution in [-0.4, -0.2) is 28.6 Å². The molecule has 1 N–H and O–H groups in total. The van der Waals surface area contributed by atoms with E-state index in [9.17, 15) is 8.42 Å². The molecule has 174 valence electrons. The van der Waals surface area contributed by atoms with Crippen molar-refractivity contribution in [2.24, 2.45) is 0 Å². The summed E-state index contributed by atoms with van der Waals surface area (Å²) >= 11 is 0. The molecule has 1 aliphatic rings. The van der Waals surface area contributed by atoms with E-state index in [1.165, 1.54) is 12.7 Å². The van der Waals surface area contributed by atoms with Crippen LogP contribution in [0.2, 0.25) is 0 Å². The third kappa shape index (κ3) is 4.44. The highest BCUT2D eigenvalue weighted by atomic mass is 32.2. The summed E-state index contributed by atoms with van der Waals surface area (Å²) < 4.78 is 35.7. The van der Waals surface area contributed by atoms with Gasteiger partial charge in [0, 0.05) is 18.8 Å². The minimum Gasteiger partial charge on any atom is -0.495 e. The summed E-state index contributed by atoms with van der Waals surface area (Å²) in [5.74, 6) is 0.321. The number of nitrogens with one attached hydrogen (secondary N) is 1. The Morgan fingerprint density at radius 1 is 0.879 bits per heavy atom. The van der Waals surface area contributed by atoms with Crippen LogP contribution in [0, 0.1) is 27.7 Å². The molecule has 0 radical (unpaired) electrons. The van der Waals surface area contributed by atoms with E-state index in [2.05, 4.69) is 22.6 Å². The lowest BCUT2D eigenvalue weighted by atomic mass is 10.0. The van der Waals surface area contributed by atoms with Crippen LogP contribution in [0.5, 0.6) is 5.75 Å². The normalized spacial score (nSPS) is 13.9. The molecule has 1 saturated heterocycles. The third-order valence-electron chi connectivity index (χ3n) is 6.50. The molecule has 0 saturated carbocycles. The van der Waals surface area contributed by atoms with Crippen LogP contribution in [0.15, 0.2) is 53.4 Å². The molecule has 33 heavy (non-hydrogen) atoms. The predicted octanol–water partition coefficient (Wildman–Crippen LogP) is 6.00. The van der Waals surface area contributed by atoms with Gasteiger partial charge in [-0.15, -0.1) is 0 Å². The molecular weight excluding hydrogens is 432 g/mol. The van der Waals surface area contributed by atoms with Gasteiger partial charge < -0.3 is 9.64 Å². The van der Waals surface area contributed by atoms with E-state index in [1.54, 1.807) is 12.1 Å². The van der Waals surface area contributed by atoms with E-state index in [0.717, 1.165) is 59.4 Å². The fraction of sp³-hybridized carbons (Fsp3) is 0.333. The number of nitrogens with zero attached hydrogens (tertiary/aromatic N) is 1. The summed E-state index contributed by atoms with van der Waals surface area (Å²) in [6.45, 7) is 10.1. The van der Waals surface area contributed by atoms with E-state index in [4.69, 9.17) is 4.74 Å². The van der Waals surface area contributed by atoms with Crippen molar-refractivity contribution in [3.63, 3.8) is 0 Å². The molecule has 0 aromatic heterocycles. The molecule has 0 bridgehead atoms. The Morgan fingerprint density at radius 2 is 1.58 bits per heavy atom. The summed E-state index contributed by atoms with van der Waals surface area (Å²) in [5, 5.41) is 0. The smallest absolute Gasteiger partial charge is 0.265 e. The Balaban J connectivity index is 1.79. The van der Waals surface area contributed by atoms with Gasteiger partial charge in [0.15, 0.2) is 0 Å². The molecule has 0 unspecified atom stereocenters. The SMILES string of the molecule is COc1ccc(-c2ccccc2C)cc1S(=O)(=O)Nc1c(C)cc(C)c(N2CCCC2)c1C. The van der Waals surface area contributed by atoms with Crippen molar-refractivity contribution in [3.05, 3.63) is 70.8 Å². The van der Waals surface area contributed by atoms with Gasteiger partial charge >= 0.3 is 0 Å². The summed E-state index contributed by atoms with van der Waals surface area (Å²) in [4.78, 5) is 2.49. The highest BCUT2D eigenvalue weighted by molar-refractivity contribution is 7.92. The lowest BCUT2D eigenvalue weighted by Gasteiger charge is -2.26. The Morgan fingerprint density at radius 3 is 2.24 bits per heavy atom. The first-order chi connectivity index (χ1) is 15.7. The summed E-state index contributed by atoms with van der Waals surface area (Å²) in [7, 11) is -2.40. The maximum atomic E-state index is 13.7. The molecule has 1 aliphatic heterocycles. The molecule has 0 spiro atoms. The zero-order valence-corrected chi connectivity index (χ0v) is 20.8. The molecule has 0 amide bonds. The second kappa shape index (κ2) is 9.10. The fourth-order valence-corrected chi connectivity index (χ4v) is 6.29. The molecule has 6 heteroatoms. The number of aryl methyl sites for hydroxylation is 3. The van der Waals surface area contributed by atoms with Gasteiger partial charge in [-0.25, -0.2) is 8.42 Å². The Kier molecular flexibility index (Phi) is 6.39. The number of methoxy groups -OCH3 is 1. The molecule has 0 atom stereocenters. The average molecular weight is 465 g/mol. The Bertz CT molecular complexity index is 1290. The lowest BCUT2D eigenvalue weighted by Crippen LogP contribution is -2.22.